The van der Waals surface area contributed by atoms with Crippen LogP contribution in [0.4, 0.5) is 0 Å². The van der Waals surface area contributed by atoms with Crippen LogP contribution in [0.25, 0.3) is 6.08 Å². The van der Waals surface area contributed by atoms with Gasteiger partial charge in [0.2, 0.25) is 0 Å². The molecule has 0 bridgehead atoms. The molecule has 2 aliphatic heterocycles. The summed E-state index contributed by atoms with van der Waals surface area (Å²) in [6, 6.07) is 10.2. The van der Waals surface area contributed by atoms with Crippen molar-refractivity contribution < 1.29 is 9.53 Å². The number of carbonyl (C=O) groups is 1. The Balaban J connectivity index is 1.77. The number of fused-ring (bicyclic) bond motifs is 1. The Hall–Kier alpha value is -1.62. The Kier molecular flexibility index (Phi) is 3.76. The fraction of sp³-hybridized carbons (Fsp3) is 0.278. The smallest absolute Gasteiger partial charge is 0.254 e. The summed E-state index contributed by atoms with van der Waals surface area (Å²) in [6.07, 6.45) is 1.62. The second-order valence-electron chi connectivity index (χ2n) is 5.86. The van der Waals surface area contributed by atoms with E-state index in [0.29, 0.717) is 19.7 Å². The van der Waals surface area contributed by atoms with Crippen LogP contribution in [0, 0.1) is 0 Å². The van der Waals surface area contributed by atoms with E-state index in [-0.39, 0.29) is 17.9 Å². The molecule has 4 rings (SSSR count). The molecule has 2 aromatic rings. The Morgan fingerprint density at radius 2 is 2.17 bits per heavy atom. The number of amides is 1. The topological polar surface area (TPSA) is 32.8 Å². The maximum Gasteiger partial charge on any atom is 0.254 e. The normalized spacial score (nSPS) is 22.6. The van der Waals surface area contributed by atoms with E-state index in [1.807, 2.05) is 29.2 Å². The summed E-state index contributed by atoms with van der Waals surface area (Å²) in [7, 11) is 0. The van der Waals surface area contributed by atoms with Crippen LogP contribution >= 0.6 is 22.9 Å². The molecular weight excluding hydrogens is 330 g/mol. The minimum atomic E-state index is -0.248. The molecule has 0 spiro atoms. The lowest BCUT2D eigenvalue weighted by Gasteiger charge is -2.33. The molecule has 0 radical (unpaired) electrons. The van der Waals surface area contributed by atoms with Gasteiger partial charge in [-0.3, -0.25) is 4.79 Å². The number of ether oxygens (including phenoxy) is 1. The molecule has 5 heteroatoms. The molecule has 1 amide bonds. The van der Waals surface area contributed by atoms with E-state index in [0.717, 1.165) is 9.90 Å². The molecule has 0 saturated carbocycles. The lowest BCUT2D eigenvalue weighted by molar-refractivity contribution is -0.133. The number of nitrogens with zero attached hydrogens (tertiary/aromatic N) is 1. The van der Waals surface area contributed by atoms with Gasteiger partial charge in [-0.1, -0.05) is 48.5 Å². The molecule has 0 unspecified atom stereocenters. The maximum atomic E-state index is 12.5. The number of halogens is 1. The summed E-state index contributed by atoms with van der Waals surface area (Å²) >= 11 is 7.81. The summed E-state index contributed by atoms with van der Waals surface area (Å²) in [5.74, 6) is 0.209. The van der Waals surface area contributed by atoms with Gasteiger partial charge >= 0.3 is 0 Å². The van der Waals surface area contributed by atoms with Crippen LogP contribution in [0.5, 0.6) is 0 Å². The molecule has 3 nitrogen and oxygen atoms in total. The van der Waals surface area contributed by atoms with Crippen LogP contribution in [0.2, 0.25) is 4.34 Å². The van der Waals surface area contributed by atoms with Crippen LogP contribution in [-0.2, 0) is 16.1 Å². The van der Waals surface area contributed by atoms with E-state index < -0.39 is 0 Å². The Labute approximate surface area is 144 Å². The highest BCUT2D eigenvalue weighted by Crippen LogP contribution is 2.41. The van der Waals surface area contributed by atoms with E-state index in [9.17, 15) is 4.79 Å². The molecule has 0 aliphatic carbocycles. The first-order valence-electron chi connectivity index (χ1n) is 7.57. The number of epoxide rings is 1. The second kappa shape index (κ2) is 5.78. The summed E-state index contributed by atoms with van der Waals surface area (Å²) in [4.78, 5) is 15.5. The van der Waals surface area contributed by atoms with Crippen LogP contribution in [0.3, 0.4) is 0 Å². The number of rotatable bonds is 3. The highest BCUT2D eigenvalue weighted by atomic mass is 35.5. The van der Waals surface area contributed by atoms with Crippen molar-refractivity contribution in [1.29, 1.82) is 0 Å². The van der Waals surface area contributed by atoms with E-state index in [2.05, 4.69) is 18.7 Å². The van der Waals surface area contributed by atoms with Gasteiger partial charge in [-0.25, -0.2) is 0 Å². The third kappa shape index (κ3) is 2.71. The largest absolute Gasteiger partial charge is 0.363 e. The molecule has 1 saturated heterocycles. The molecule has 1 aromatic heterocycles. The van der Waals surface area contributed by atoms with E-state index in [1.165, 1.54) is 16.0 Å². The molecule has 0 N–H and O–H groups in total. The van der Waals surface area contributed by atoms with Crippen molar-refractivity contribution in [2.75, 3.05) is 13.2 Å². The number of hydrogen-bond donors (Lipinski definition) is 0. The average molecular weight is 346 g/mol. The highest BCUT2D eigenvalue weighted by Gasteiger charge is 2.39. The van der Waals surface area contributed by atoms with Crippen molar-refractivity contribution in [2.45, 2.75) is 18.6 Å². The highest BCUT2D eigenvalue weighted by molar-refractivity contribution is 7.16. The van der Waals surface area contributed by atoms with Gasteiger partial charge in [0.15, 0.2) is 6.10 Å². The molecular formula is C18H16ClNO2S. The fourth-order valence-corrected chi connectivity index (χ4v) is 4.58. The van der Waals surface area contributed by atoms with Crippen molar-refractivity contribution in [1.82, 2.24) is 4.90 Å². The first-order chi connectivity index (χ1) is 11.2. The van der Waals surface area contributed by atoms with Crippen LogP contribution < -0.4 is 0 Å². The van der Waals surface area contributed by atoms with Crippen molar-refractivity contribution in [3.05, 3.63) is 62.8 Å². The summed E-state index contributed by atoms with van der Waals surface area (Å²) in [5, 5.41) is 0. The van der Waals surface area contributed by atoms with Crippen LogP contribution in [-0.4, -0.2) is 30.1 Å². The Morgan fingerprint density at radius 3 is 2.91 bits per heavy atom. The standard InChI is InChI=1S/C18H16ClNO2S/c1-2-11-5-3-4-6-12(11)14-8-20(18(21)15-10-22-15)9-16-13(14)7-17(19)23-16/h2-7,14-15H,1,8-10H2/t14-,15-/m1/s1. The van der Waals surface area contributed by atoms with E-state index in [1.54, 1.807) is 11.3 Å². The summed E-state index contributed by atoms with van der Waals surface area (Å²) in [6.45, 7) is 5.74. The first-order valence-corrected chi connectivity index (χ1v) is 8.76. The summed E-state index contributed by atoms with van der Waals surface area (Å²) < 4.78 is 5.94. The zero-order chi connectivity index (χ0) is 16.0. The zero-order valence-electron chi connectivity index (χ0n) is 12.5. The lowest BCUT2D eigenvalue weighted by Crippen LogP contribution is -2.40. The predicted octanol–water partition coefficient (Wildman–Crippen LogP) is 3.92. The summed E-state index contributed by atoms with van der Waals surface area (Å²) in [5.41, 5.74) is 3.52. The van der Waals surface area contributed by atoms with Crippen molar-refractivity contribution in [3.8, 4) is 0 Å². The minimum Gasteiger partial charge on any atom is -0.363 e. The van der Waals surface area contributed by atoms with Crippen molar-refractivity contribution in [3.63, 3.8) is 0 Å². The SMILES string of the molecule is C=Cc1ccccc1[C@H]1CN(C(=O)[C@H]2CO2)Cc2sc(Cl)cc21. The van der Waals surface area contributed by atoms with Gasteiger partial charge in [0, 0.05) is 17.3 Å². The first kappa shape index (κ1) is 14.9. The van der Waals surface area contributed by atoms with Gasteiger partial charge in [-0.15, -0.1) is 11.3 Å². The maximum absolute atomic E-state index is 12.5. The predicted molar refractivity (Wildman–Crippen MR) is 92.9 cm³/mol. The van der Waals surface area contributed by atoms with Gasteiger partial charge in [0.05, 0.1) is 17.5 Å². The van der Waals surface area contributed by atoms with Gasteiger partial charge in [0.25, 0.3) is 5.91 Å². The number of thiophene rings is 1. The van der Waals surface area contributed by atoms with Gasteiger partial charge in [-0.2, -0.15) is 0 Å². The van der Waals surface area contributed by atoms with E-state index >= 15 is 0 Å². The number of carbonyl (C=O) groups excluding carboxylic acids is 1. The number of benzene rings is 1. The molecule has 2 atom stereocenters. The minimum absolute atomic E-state index is 0.0845. The van der Waals surface area contributed by atoms with Crippen molar-refractivity contribution in [2.24, 2.45) is 0 Å². The molecule has 1 fully saturated rings. The molecule has 118 valence electrons. The third-order valence-electron chi connectivity index (χ3n) is 4.44. The number of hydrogen-bond acceptors (Lipinski definition) is 3. The molecule has 23 heavy (non-hydrogen) atoms. The molecule has 1 aromatic carbocycles. The monoisotopic (exact) mass is 345 g/mol. The quantitative estimate of drug-likeness (QED) is 0.790. The second-order valence-corrected chi connectivity index (χ2v) is 7.62. The van der Waals surface area contributed by atoms with Crippen molar-refractivity contribution >= 4 is 34.9 Å². The van der Waals surface area contributed by atoms with Gasteiger partial charge < -0.3 is 9.64 Å². The Morgan fingerprint density at radius 1 is 1.39 bits per heavy atom. The third-order valence-corrected chi connectivity index (χ3v) is 5.70. The van der Waals surface area contributed by atoms with Gasteiger partial charge in [0.1, 0.15) is 0 Å². The van der Waals surface area contributed by atoms with Crippen LogP contribution in [0.1, 0.15) is 27.5 Å². The van der Waals surface area contributed by atoms with E-state index in [4.69, 9.17) is 16.3 Å². The van der Waals surface area contributed by atoms with Gasteiger partial charge in [-0.05, 0) is 22.8 Å². The van der Waals surface area contributed by atoms with Crippen LogP contribution in [0.15, 0.2) is 36.9 Å². The Bertz CT molecular complexity index is 781. The zero-order valence-corrected chi connectivity index (χ0v) is 14.1. The molecule has 3 heterocycles. The fourth-order valence-electron chi connectivity index (χ4n) is 3.23. The average Bonchev–Trinajstić information content (AvgIpc) is 3.34. The molecule has 2 aliphatic rings. The lowest BCUT2D eigenvalue weighted by atomic mass is 9.85.